The van der Waals surface area contributed by atoms with Crippen LogP contribution in [0.15, 0.2) is 24.3 Å². The molecule has 0 bridgehead atoms. The van der Waals surface area contributed by atoms with Crippen LogP contribution in [0.3, 0.4) is 0 Å². The van der Waals surface area contributed by atoms with Gasteiger partial charge < -0.3 is 10.6 Å². The maximum Gasteiger partial charge on any atom is 0.258 e. The minimum atomic E-state index is -0.126. The molecule has 1 fully saturated rings. The number of carbonyl (C=O) groups excluding carboxylic acids is 2. The van der Waals surface area contributed by atoms with Crippen LogP contribution in [0, 0.1) is 18.3 Å². The zero-order chi connectivity index (χ0) is 24.5. The highest BCUT2D eigenvalue weighted by molar-refractivity contribution is 7.17. The minimum Gasteiger partial charge on any atom is -0.322 e. The number of aryl methyl sites for hydroxylation is 1. The van der Waals surface area contributed by atoms with Crippen molar-refractivity contribution in [3.8, 4) is 0 Å². The van der Waals surface area contributed by atoms with Crippen LogP contribution in [0.1, 0.15) is 79.7 Å². The van der Waals surface area contributed by atoms with Crippen LogP contribution in [-0.4, -0.2) is 35.8 Å². The molecule has 4 rings (SSSR count). The molecule has 6 heteroatoms. The molecule has 2 amide bonds. The largest absolute Gasteiger partial charge is 0.322 e. The average Bonchev–Trinajstić information content (AvgIpc) is 3.11. The van der Waals surface area contributed by atoms with E-state index in [2.05, 4.69) is 43.2 Å². The molecule has 2 aromatic rings. The molecule has 1 aromatic carbocycles. The predicted octanol–water partition coefficient (Wildman–Crippen LogP) is 6.27. The van der Waals surface area contributed by atoms with Crippen molar-refractivity contribution in [2.24, 2.45) is 11.3 Å². The Morgan fingerprint density at radius 2 is 1.94 bits per heavy atom. The van der Waals surface area contributed by atoms with E-state index >= 15 is 0 Å². The molecule has 0 saturated carbocycles. The van der Waals surface area contributed by atoms with E-state index in [-0.39, 0.29) is 17.2 Å². The molecule has 5 nitrogen and oxygen atoms in total. The minimum absolute atomic E-state index is 0.0238. The number of benzene rings is 1. The summed E-state index contributed by atoms with van der Waals surface area (Å²) < 4.78 is 0. The van der Waals surface area contributed by atoms with Gasteiger partial charge in [-0.25, -0.2) is 0 Å². The second-order valence-electron chi connectivity index (χ2n) is 11.2. The Hall–Kier alpha value is -2.18. The van der Waals surface area contributed by atoms with Gasteiger partial charge in [0.1, 0.15) is 5.00 Å². The second-order valence-corrected chi connectivity index (χ2v) is 12.3. The van der Waals surface area contributed by atoms with Crippen LogP contribution in [0.5, 0.6) is 0 Å². The van der Waals surface area contributed by atoms with Gasteiger partial charge in [0.2, 0.25) is 5.91 Å². The molecule has 2 N–H and O–H groups in total. The number of thiophene rings is 1. The van der Waals surface area contributed by atoms with Crippen molar-refractivity contribution >= 4 is 33.8 Å². The van der Waals surface area contributed by atoms with Crippen molar-refractivity contribution in [2.75, 3.05) is 23.7 Å². The number of hydrogen-bond donors (Lipinski definition) is 2. The van der Waals surface area contributed by atoms with E-state index in [4.69, 9.17) is 0 Å². The monoisotopic (exact) mass is 481 g/mol. The molecule has 1 aromatic heterocycles. The molecule has 2 heterocycles. The van der Waals surface area contributed by atoms with Crippen LogP contribution in [0.2, 0.25) is 0 Å². The lowest BCUT2D eigenvalue weighted by Gasteiger charge is -2.33. The Morgan fingerprint density at radius 1 is 1.15 bits per heavy atom. The van der Waals surface area contributed by atoms with Crippen molar-refractivity contribution in [2.45, 2.75) is 79.2 Å². The van der Waals surface area contributed by atoms with E-state index in [1.807, 2.05) is 31.2 Å². The number of nitrogens with one attached hydrogen (secondary N) is 2. The quantitative estimate of drug-likeness (QED) is 0.529. The summed E-state index contributed by atoms with van der Waals surface area (Å²) in [6, 6.07) is 8.28. The maximum absolute atomic E-state index is 13.5. The molecule has 2 aliphatic rings. The smallest absolute Gasteiger partial charge is 0.258 e. The highest BCUT2D eigenvalue weighted by Gasteiger charge is 2.34. The lowest BCUT2D eigenvalue weighted by molar-refractivity contribution is -0.118. The Morgan fingerprint density at radius 3 is 2.65 bits per heavy atom. The average molecular weight is 482 g/mol. The molecule has 1 aliphatic heterocycles. The lowest BCUT2D eigenvalue weighted by Crippen LogP contribution is -2.42. The first-order valence-corrected chi connectivity index (χ1v) is 13.5. The van der Waals surface area contributed by atoms with Crippen LogP contribution in [-0.2, 0) is 17.6 Å². The van der Waals surface area contributed by atoms with Gasteiger partial charge in [-0.15, -0.1) is 11.3 Å². The van der Waals surface area contributed by atoms with Crippen molar-refractivity contribution in [1.29, 1.82) is 0 Å². The number of amides is 2. The third-order valence-corrected chi connectivity index (χ3v) is 8.70. The van der Waals surface area contributed by atoms with Crippen molar-refractivity contribution in [1.82, 2.24) is 4.90 Å². The van der Waals surface area contributed by atoms with Crippen molar-refractivity contribution < 1.29 is 9.59 Å². The zero-order valence-corrected chi connectivity index (χ0v) is 22.1. The van der Waals surface area contributed by atoms with Gasteiger partial charge in [-0.3, -0.25) is 14.5 Å². The summed E-state index contributed by atoms with van der Waals surface area (Å²) in [7, 11) is 0. The highest BCUT2D eigenvalue weighted by Crippen LogP contribution is 2.44. The van der Waals surface area contributed by atoms with Crippen molar-refractivity contribution in [3.05, 3.63) is 45.8 Å². The number of fused-ring (bicyclic) bond motifs is 1. The standard InChI is InChI=1S/C28H39N3O2S/c1-18-9-8-11-21(15-18)29-26(33)25-22-13-12-20(28(3,4)5)16-23(22)34-27(25)30-24(32)17-31-14-7-6-10-19(31)2/h8-9,11,15,19-20H,6-7,10,12-14,16-17H2,1-5H3,(H,29,33)(H,30,32). The molecule has 1 aliphatic carbocycles. The number of anilines is 2. The van der Waals surface area contributed by atoms with E-state index in [9.17, 15) is 9.59 Å². The van der Waals surface area contributed by atoms with Crippen molar-refractivity contribution in [3.63, 3.8) is 0 Å². The van der Waals surface area contributed by atoms with Gasteiger partial charge in [-0.05, 0) is 87.1 Å². The fourth-order valence-corrected chi connectivity index (χ4v) is 6.65. The number of rotatable bonds is 5. The summed E-state index contributed by atoms with van der Waals surface area (Å²) in [6.45, 7) is 12.4. The fraction of sp³-hybridized carbons (Fsp3) is 0.571. The zero-order valence-electron chi connectivity index (χ0n) is 21.3. The SMILES string of the molecule is Cc1cccc(NC(=O)c2c(NC(=O)CN3CCCCC3C)sc3c2CCC(C(C)(C)C)C3)c1. The number of hydrogen-bond acceptors (Lipinski definition) is 4. The predicted molar refractivity (Wildman–Crippen MR) is 142 cm³/mol. The highest BCUT2D eigenvalue weighted by atomic mass is 32.1. The molecular formula is C28H39N3O2S. The summed E-state index contributed by atoms with van der Waals surface area (Å²) >= 11 is 1.60. The van der Waals surface area contributed by atoms with Crippen LogP contribution < -0.4 is 10.6 Å². The summed E-state index contributed by atoms with van der Waals surface area (Å²) in [5.74, 6) is 0.423. The molecule has 2 atom stereocenters. The molecule has 0 radical (unpaired) electrons. The van der Waals surface area contributed by atoms with Crippen LogP contribution >= 0.6 is 11.3 Å². The molecule has 0 spiro atoms. The molecular weight excluding hydrogens is 442 g/mol. The molecule has 1 saturated heterocycles. The molecule has 184 valence electrons. The third-order valence-electron chi connectivity index (χ3n) is 7.53. The van der Waals surface area contributed by atoms with Crippen LogP contribution in [0.4, 0.5) is 10.7 Å². The fourth-order valence-electron chi connectivity index (χ4n) is 5.31. The topological polar surface area (TPSA) is 61.4 Å². The van der Waals surface area contributed by atoms with Gasteiger partial charge in [0, 0.05) is 16.6 Å². The number of carbonyl (C=O) groups is 2. The molecule has 2 unspecified atom stereocenters. The van der Waals surface area contributed by atoms with E-state index in [0.29, 0.717) is 29.1 Å². The third kappa shape index (κ3) is 5.72. The van der Waals surface area contributed by atoms with Gasteiger partial charge in [0.05, 0.1) is 12.1 Å². The Balaban J connectivity index is 1.59. The van der Waals surface area contributed by atoms with Gasteiger partial charge in [0.25, 0.3) is 5.91 Å². The van der Waals surface area contributed by atoms with Gasteiger partial charge in [-0.2, -0.15) is 0 Å². The van der Waals surface area contributed by atoms with E-state index in [1.165, 1.54) is 11.3 Å². The first-order chi connectivity index (χ1) is 16.1. The lowest BCUT2D eigenvalue weighted by atomic mass is 9.72. The van der Waals surface area contributed by atoms with E-state index in [0.717, 1.165) is 55.5 Å². The number of likely N-dealkylation sites (tertiary alicyclic amines) is 1. The Labute approximate surface area is 208 Å². The second kappa shape index (κ2) is 10.2. The Kier molecular flexibility index (Phi) is 7.48. The first kappa shape index (κ1) is 24.9. The van der Waals surface area contributed by atoms with Gasteiger partial charge >= 0.3 is 0 Å². The Bertz CT molecular complexity index is 1050. The summed E-state index contributed by atoms with van der Waals surface area (Å²) in [5.41, 5.74) is 3.89. The first-order valence-electron chi connectivity index (χ1n) is 12.7. The number of nitrogens with zero attached hydrogens (tertiary/aromatic N) is 1. The van der Waals surface area contributed by atoms with Crippen LogP contribution in [0.25, 0.3) is 0 Å². The summed E-state index contributed by atoms with van der Waals surface area (Å²) in [4.78, 5) is 30.1. The van der Waals surface area contributed by atoms with E-state index < -0.39 is 0 Å². The normalized spacial score (nSPS) is 21.1. The summed E-state index contributed by atoms with van der Waals surface area (Å²) in [6.07, 6.45) is 6.42. The molecule has 34 heavy (non-hydrogen) atoms. The number of piperidine rings is 1. The van der Waals surface area contributed by atoms with Gasteiger partial charge in [-0.1, -0.05) is 39.3 Å². The van der Waals surface area contributed by atoms with E-state index in [1.54, 1.807) is 11.3 Å². The maximum atomic E-state index is 13.5. The summed E-state index contributed by atoms with van der Waals surface area (Å²) in [5, 5.41) is 6.94. The van der Waals surface area contributed by atoms with Gasteiger partial charge in [0.15, 0.2) is 0 Å².